The molecule has 1 saturated heterocycles. The van der Waals surface area contributed by atoms with E-state index in [1.54, 1.807) is 10.7 Å². The highest BCUT2D eigenvalue weighted by Crippen LogP contribution is 2.22. The van der Waals surface area contributed by atoms with Gasteiger partial charge >= 0.3 is 0 Å². The van der Waals surface area contributed by atoms with Gasteiger partial charge < -0.3 is 9.64 Å². The Kier molecular flexibility index (Phi) is 3.87. The first kappa shape index (κ1) is 14.4. The Morgan fingerprint density at radius 2 is 2.00 bits per heavy atom. The Morgan fingerprint density at radius 3 is 2.78 bits per heavy atom. The van der Waals surface area contributed by atoms with E-state index in [0.29, 0.717) is 5.88 Å². The monoisotopic (exact) mass is 373 g/mol. The number of hydrogen-bond acceptors (Lipinski definition) is 5. The van der Waals surface area contributed by atoms with E-state index in [4.69, 9.17) is 4.74 Å². The summed E-state index contributed by atoms with van der Waals surface area (Å²) in [5.41, 5.74) is 0.805. The van der Waals surface area contributed by atoms with Crippen LogP contribution in [0.25, 0.3) is 5.65 Å². The predicted octanol–water partition coefficient (Wildman–Crippen LogP) is 2.93. The van der Waals surface area contributed by atoms with Crippen molar-refractivity contribution in [1.82, 2.24) is 19.6 Å². The fraction of sp³-hybridized carbons (Fsp3) is 0.312. The van der Waals surface area contributed by atoms with Gasteiger partial charge in [-0.05, 0) is 28.1 Å². The van der Waals surface area contributed by atoms with Crippen molar-refractivity contribution in [3.63, 3.8) is 0 Å². The third kappa shape index (κ3) is 3.14. The Labute approximate surface area is 142 Å². The summed E-state index contributed by atoms with van der Waals surface area (Å²) in [5, 5.41) is 4.14. The van der Waals surface area contributed by atoms with Gasteiger partial charge in [-0.1, -0.05) is 0 Å². The van der Waals surface area contributed by atoms with E-state index in [9.17, 15) is 0 Å². The number of ether oxygens (including phenoxy) is 1. The molecule has 6 nitrogen and oxygen atoms in total. The van der Waals surface area contributed by atoms with Crippen molar-refractivity contribution in [2.75, 3.05) is 18.0 Å². The lowest BCUT2D eigenvalue weighted by Crippen LogP contribution is -2.38. The van der Waals surface area contributed by atoms with Gasteiger partial charge in [-0.15, -0.1) is 0 Å². The standard InChI is InChI=1S/C16H16BrN5O/c17-12-1-2-14(18-11-12)21-8-4-13(5-9-21)23-16-6-10-22-15(20-16)3-7-19-22/h1-3,6-7,10-11,13H,4-5,8-9H2. The van der Waals surface area contributed by atoms with Crippen molar-refractivity contribution in [3.05, 3.63) is 47.3 Å². The Balaban J connectivity index is 1.38. The van der Waals surface area contributed by atoms with Crippen molar-refractivity contribution < 1.29 is 4.74 Å². The van der Waals surface area contributed by atoms with Gasteiger partial charge in [0.2, 0.25) is 5.88 Å². The second-order valence-corrected chi connectivity index (χ2v) is 6.45. The van der Waals surface area contributed by atoms with E-state index in [1.165, 1.54) is 0 Å². The summed E-state index contributed by atoms with van der Waals surface area (Å²) in [6.45, 7) is 1.88. The number of rotatable bonds is 3. The average Bonchev–Trinajstić information content (AvgIpc) is 3.04. The molecule has 0 saturated carbocycles. The molecule has 0 amide bonds. The van der Waals surface area contributed by atoms with Gasteiger partial charge in [-0.3, -0.25) is 0 Å². The van der Waals surface area contributed by atoms with Crippen molar-refractivity contribution in [2.24, 2.45) is 0 Å². The fourth-order valence-electron chi connectivity index (χ4n) is 2.79. The highest BCUT2D eigenvalue weighted by atomic mass is 79.9. The summed E-state index contributed by atoms with van der Waals surface area (Å²) in [7, 11) is 0. The zero-order valence-corrected chi connectivity index (χ0v) is 14.1. The molecule has 7 heteroatoms. The lowest BCUT2D eigenvalue weighted by atomic mass is 10.1. The fourth-order valence-corrected chi connectivity index (χ4v) is 3.02. The number of nitrogens with zero attached hydrogens (tertiary/aromatic N) is 5. The Hall–Kier alpha value is -2.15. The summed E-state index contributed by atoms with van der Waals surface area (Å²) in [5.74, 6) is 1.68. The smallest absolute Gasteiger partial charge is 0.217 e. The van der Waals surface area contributed by atoms with Crippen LogP contribution in [0.2, 0.25) is 0 Å². The van der Waals surface area contributed by atoms with Crippen LogP contribution in [0.5, 0.6) is 5.88 Å². The molecule has 0 unspecified atom stereocenters. The van der Waals surface area contributed by atoms with Crippen molar-refractivity contribution in [2.45, 2.75) is 18.9 Å². The van der Waals surface area contributed by atoms with Crippen LogP contribution >= 0.6 is 15.9 Å². The molecule has 0 spiro atoms. The normalized spacial score (nSPS) is 16.0. The first-order valence-corrected chi connectivity index (χ1v) is 8.41. The minimum absolute atomic E-state index is 0.194. The molecular formula is C16H16BrN5O. The zero-order valence-electron chi connectivity index (χ0n) is 12.5. The van der Waals surface area contributed by atoms with Crippen molar-refractivity contribution in [1.29, 1.82) is 0 Å². The number of fused-ring (bicyclic) bond motifs is 1. The molecule has 0 bridgehead atoms. The zero-order chi connectivity index (χ0) is 15.6. The minimum Gasteiger partial charge on any atom is -0.474 e. The second-order valence-electron chi connectivity index (χ2n) is 5.54. The van der Waals surface area contributed by atoms with Crippen molar-refractivity contribution in [3.8, 4) is 5.88 Å². The molecule has 1 aliphatic heterocycles. The van der Waals surface area contributed by atoms with Gasteiger partial charge in [-0.25, -0.2) is 9.50 Å². The average molecular weight is 374 g/mol. The molecule has 0 aromatic carbocycles. The van der Waals surface area contributed by atoms with Crippen LogP contribution in [0.1, 0.15) is 12.8 Å². The number of anilines is 1. The van der Waals surface area contributed by atoms with E-state index < -0.39 is 0 Å². The lowest BCUT2D eigenvalue weighted by molar-refractivity contribution is 0.164. The molecule has 1 aliphatic rings. The second kappa shape index (κ2) is 6.16. The number of aromatic nitrogens is 4. The van der Waals surface area contributed by atoms with Gasteiger partial charge in [0, 0.05) is 54.9 Å². The van der Waals surface area contributed by atoms with Gasteiger partial charge in [-0.2, -0.15) is 10.1 Å². The van der Waals surface area contributed by atoms with Crippen LogP contribution in [0.4, 0.5) is 5.82 Å². The SMILES string of the molecule is Brc1ccc(N2CCC(Oc3ccn4nccc4n3)CC2)nc1. The molecule has 3 aromatic heterocycles. The number of pyridine rings is 1. The molecule has 4 rings (SSSR count). The van der Waals surface area contributed by atoms with Crippen LogP contribution in [-0.4, -0.2) is 38.8 Å². The van der Waals surface area contributed by atoms with Crippen LogP contribution in [-0.2, 0) is 0 Å². The molecule has 4 heterocycles. The topological polar surface area (TPSA) is 55.6 Å². The predicted molar refractivity (Wildman–Crippen MR) is 90.8 cm³/mol. The van der Waals surface area contributed by atoms with Gasteiger partial charge in [0.25, 0.3) is 0 Å². The van der Waals surface area contributed by atoms with E-state index >= 15 is 0 Å². The third-order valence-corrected chi connectivity index (χ3v) is 4.47. The molecule has 0 radical (unpaired) electrons. The summed E-state index contributed by atoms with van der Waals surface area (Å²) >= 11 is 3.42. The molecular weight excluding hydrogens is 358 g/mol. The maximum atomic E-state index is 6.03. The van der Waals surface area contributed by atoms with Crippen LogP contribution in [0.15, 0.2) is 47.3 Å². The first-order valence-electron chi connectivity index (χ1n) is 7.61. The molecule has 3 aromatic rings. The molecule has 0 N–H and O–H groups in total. The number of halogens is 1. The van der Waals surface area contributed by atoms with Crippen LogP contribution in [0.3, 0.4) is 0 Å². The Bertz CT molecular complexity index is 796. The maximum Gasteiger partial charge on any atom is 0.217 e. The minimum atomic E-state index is 0.194. The molecule has 23 heavy (non-hydrogen) atoms. The van der Waals surface area contributed by atoms with E-state index in [2.05, 4.69) is 35.9 Å². The van der Waals surface area contributed by atoms with Gasteiger partial charge in [0.15, 0.2) is 5.65 Å². The van der Waals surface area contributed by atoms with Crippen LogP contribution < -0.4 is 9.64 Å². The van der Waals surface area contributed by atoms with E-state index in [1.807, 2.05) is 36.7 Å². The number of hydrogen-bond donors (Lipinski definition) is 0. The van der Waals surface area contributed by atoms with Gasteiger partial charge in [0.1, 0.15) is 11.9 Å². The third-order valence-electron chi connectivity index (χ3n) is 4.00. The van der Waals surface area contributed by atoms with Crippen molar-refractivity contribution >= 4 is 27.4 Å². The largest absolute Gasteiger partial charge is 0.474 e. The van der Waals surface area contributed by atoms with E-state index in [-0.39, 0.29) is 6.10 Å². The first-order chi connectivity index (χ1) is 11.3. The van der Waals surface area contributed by atoms with Gasteiger partial charge in [0.05, 0.1) is 6.20 Å². The summed E-state index contributed by atoms with van der Waals surface area (Å²) in [6.07, 6.45) is 7.56. The van der Waals surface area contributed by atoms with Crippen LogP contribution in [0, 0.1) is 0 Å². The highest BCUT2D eigenvalue weighted by molar-refractivity contribution is 9.10. The molecule has 118 valence electrons. The summed E-state index contributed by atoms with van der Waals surface area (Å²) in [6, 6.07) is 7.80. The molecule has 1 fully saturated rings. The molecule has 0 aliphatic carbocycles. The quantitative estimate of drug-likeness (QED) is 0.706. The van der Waals surface area contributed by atoms with E-state index in [0.717, 1.165) is 41.9 Å². The molecule has 0 atom stereocenters. The lowest BCUT2D eigenvalue weighted by Gasteiger charge is -2.32. The highest BCUT2D eigenvalue weighted by Gasteiger charge is 2.21. The Morgan fingerprint density at radius 1 is 1.13 bits per heavy atom. The summed E-state index contributed by atoms with van der Waals surface area (Å²) < 4.78 is 8.76. The number of piperidine rings is 1. The maximum absolute atomic E-state index is 6.03. The summed E-state index contributed by atoms with van der Waals surface area (Å²) in [4.78, 5) is 11.2.